The topological polar surface area (TPSA) is 39.7 Å². The van der Waals surface area contributed by atoms with Crippen LogP contribution >= 0.6 is 11.3 Å². The molecule has 2 unspecified atom stereocenters. The van der Waals surface area contributed by atoms with Crippen molar-refractivity contribution in [2.45, 2.75) is 26.4 Å². The van der Waals surface area contributed by atoms with Gasteiger partial charge in [-0.15, -0.1) is 0 Å². The SMILES string of the molecule is CC1CC(C)CN(C(=O)CN2CCN(c3ncc(C(F)(F)F)s3)CC2)C1. The first-order valence-corrected chi connectivity index (χ1v) is 9.82. The fourth-order valence-electron chi connectivity index (χ4n) is 3.80. The molecule has 2 saturated heterocycles. The number of nitrogens with zero attached hydrogens (tertiary/aromatic N) is 4. The summed E-state index contributed by atoms with van der Waals surface area (Å²) in [5.74, 6) is 1.23. The number of piperazine rings is 1. The van der Waals surface area contributed by atoms with E-state index in [-0.39, 0.29) is 5.91 Å². The van der Waals surface area contributed by atoms with Crippen molar-refractivity contribution >= 4 is 22.4 Å². The lowest BCUT2D eigenvalue weighted by molar-refractivity contribution is -0.135. The van der Waals surface area contributed by atoms with Crippen LogP contribution in [0.25, 0.3) is 0 Å². The first-order valence-electron chi connectivity index (χ1n) is 9.00. The lowest BCUT2D eigenvalue weighted by Crippen LogP contribution is -2.52. The number of carbonyl (C=O) groups is 1. The molecule has 0 aromatic carbocycles. The molecule has 3 heterocycles. The number of alkyl halides is 3. The Balaban J connectivity index is 1.49. The summed E-state index contributed by atoms with van der Waals surface area (Å²) in [4.78, 5) is 21.7. The summed E-state index contributed by atoms with van der Waals surface area (Å²) < 4.78 is 38.1. The predicted octanol–water partition coefficient (Wildman–Crippen LogP) is 2.79. The van der Waals surface area contributed by atoms with E-state index in [4.69, 9.17) is 0 Å². The van der Waals surface area contributed by atoms with Gasteiger partial charge in [-0.1, -0.05) is 25.2 Å². The lowest BCUT2D eigenvalue weighted by atomic mass is 9.92. The minimum Gasteiger partial charge on any atom is -0.346 e. The molecule has 9 heteroatoms. The van der Waals surface area contributed by atoms with Crippen molar-refractivity contribution in [2.75, 3.05) is 50.7 Å². The van der Waals surface area contributed by atoms with E-state index in [9.17, 15) is 18.0 Å². The first kappa shape index (κ1) is 19.4. The normalized spacial score (nSPS) is 25.6. The number of rotatable bonds is 3. The maximum absolute atomic E-state index is 12.7. The van der Waals surface area contributed by atoms with E-state index >= 15 is 0 Å². The summed E-state index contributed by atoms with van der Waals surface area (Å²) in [6, 6.07) is 0. The van der Waals surface area contributed by atoms with E-state index in [2.05, 4.69) is 23.7 Å². The van der Waals surface area contributed by atoms with Crippen molar-refractivity contribution in [1.82, 2.24) is 14.8 Å². The van der Waals surface area contributed by atoms with E-state index in [0.29, 0.717) is 61.0 Å². The minimum atomic E-state index is -4.34. The number of aromatic nitrogens is 1. The molecular formula is C17H25F3N4OS. The molecule has 5 nitrogen and oxygen atoms in total. The zero-order valence-electron chi connectivity index (χ0n) is 15.1. The zero-order chi connectivity index (χ0) is 18.9. The summed E-state index contributed by atoms with van der Waals surface area (Å²) in [7, 11) is 0. The second-order valence-corrected chi connectivity index (χ2v) is 8.52. The Kier molecular flexibility index (Phi) is 5.76. The van der Waals surface area contributed by atoms with Gasteiger partial charge in [0.15, 0.2) is 5.13 Å². The summed E-state index contributed by atoms with van der Waals surface area (Å²) in [6.45, 7) is 8.88. The van der Waals surface area contributed by atoms with Crippen molar-refractivity contribution in [2.24, 2.45) is 11.8 Å². The third-order valence-electron chi connectivity index (χ3n) is 5.00. The van der Waals surface area contributed by atoms with Crippen LogP contribution in [0.5, 0.6) is 0 Å². The standard InChI is InChI=1S/C17H25F3N4OS/c1-12-7-13(2)10-24(9-12)15(25)11-22-3-5-23(6-4-22)16-21-8-14(26-16)17(18,19)20/h8,12-13H,3-7,9-11H2,1-2H3. The van der Waals surface area contributed by atoms with Gasteiger partial charge in [-0.25, -0.2) is 4.98 Å². The molecule has 26 heavy (non-hydrogen) atoms. The molecule has 0 bridgehead atoms. The molecule has 0 aliphatic carbocycles. The number of hydrogen-bond donors (Lipinski definition) is 0. The summed E-state index contributed by atoms with van der Waals surface area (Å²) in [5.41, 5.74) is 0. The number of halogens is 3. The number of hydrogen-bond acceptors (Lipinski definition) is 5. The summed E-state index contributed by atoms with van der Waals surface area (Å²) in [5, 5.41) is 0.405. The molecule has 2 aliphatic rings. The molecular weight excluding hydrogens is 365 g/mol. The second kappa shape index (κ2) is 7.72. The number of anilines is 1. The Morgan fingerprint density at radius 2 is 1.81 bits per heavy atom. The Bertz CT molecular complexity index is 618. The Morgan fingerprint density at radius 1 is 1.19 bits per heavy atom. The summed E-state index contributed by atoms with van der Waals surface area (Å²) in [6.07, 6.45) is -2.28. The smallest absolute Gasteiger partial charge is 0.346 e. The molecule has 2 aliphatic heterocycles. The van der Waals surface area contributed by atoms with Crippen LogP contribution in [0.3, 0.4) is 0 Å². The van der Waals surface area contributed by atoms with E-state index in [1.165, 1.54) is 0 Å². The number of carbonyl (C=O) groups excluding carboxylic acids is 1. The van der Waals surface area contributed by atoms with Crippen LogP contribution in [-0.4, -0.2) is 66.5 Å². The molecule has 1 amide bonds. The van der Waals surface area contributed by atoms with E-state index in [1.807, 2.05) is 9.80 Å². The molecule has 3 rings (SSSR count). The second-order valence-electron chi connectivity index (χ2n) is 7.51. The van der Waals surface area contributed by atoms with E-state index in [0.717, 1.165) is 25.7 Å². The molecule has 0 saturated carbocycles. The number of likely N-dealkylation sites (tertiary alicyclic amines) is 1. The zero-order valence-corrected chi connectivity index (χ0v) is 15.9. The van der Waals surface area contributed by atoms with Crippen LogP contribution in [0.2, 0.25) is 0 Å². The van der Waals surface area contributed by atoms with Crippen molar-refractivity contribution < 1.29 is 18.0 Å². The molecule has 0 radical (unpaired) electrons. The van der Waals surface area contributed by atoms with Gasteiger partial charge in [-0.05, 0) is 18.3 Å². The third-order valence-corrected chi connectivity index (χ3v) is 6.10. The third kappa shape index (κ3) is 4.68. The van der Waals surface area contributed by atoms with Crippen molar-refractivity contribution in [3.63, 3.8) is 0 Å². The Morgan fingerprint density at radius 3 is 2.35 bits per heavy atom. The molecule has 1 aromatic heterocycles. The highest BCUT2D eigenvalue weighted by molar-refractivity contribution is 7.15. The van der Waals surface area contributed by atoms with Crippen LogP contribution in [0, 0.1) is 11.8 Å². The maximum Gasteiger partial charge on any atom is 0.427 e. The maximum atomic E-state index is 12.7. The predicted molar refractivity (Wildman–Crippen MR) is 95.3 cm³/mol. The monoisotopic (exact) mass is 390 g/mol. The van der Waals surface area contributed by atoms with Crippen molar-refractivity contribution in [1.29, 1.82) is 0 Å². The average molecular weight is 390 g/mol. The van der Waals surface area contributed by atoms with Crippen molar-refractivity contribution in [3.05, 3.63) is 11.1 Å². The molecule has 0 spiro atoms. The first-order chi connectivity index (χ1) is 12.2. The van der Waals surface area contributed by atoms with Gasteiger partial charge in [0.05, 0.1) is 12.7 Å². The average Bonchev–Trinajstić information content (AvgIpc) is 3.05. The van der Waals surface area contributed by atoms with Crippen LogP contribution in [0.1, 0.15) is 25.1 Å². The van der Waals surface area contributed by atoms with Gasteiger partial charge in [0.25, 0.3) is 0 Å². The quantitative estimate of drug-likeness (QED) is 0.796. The summed E-state index contributed by atoms with van der Waals surface area (Å²) >= 11 is 0.681. The number of thiazole rings is 1. The lowest BCUT2D eigenvalue weighted by Gasteiger charge is -2.38. The van der Waals surface area contributed by atoms with Crippen LogP contribution in [-0.2, 0) is 11.0 Å². The highest BCUT2D eigenvalue weighted by Crippen LogP contribution is 2.36. The highest BCUT2D eigenvalue weighted by atomic mass is 32.1. The molecule has 0 N–H and O–H groups in total. The Labute approximate surface area is 155 Å². The van der Waals surface area contributed by atoms with E-state index in [1.54, 1.807) is 0 Å². The highest BCUT2D eigenvalue weighted by Gasteiger charge is 2.34. The number of piperidine rings is 1. The minimum absolute atomic E-state index is 0.158. The van der Waals surface area contributed by atoms with Gasteiger partial charge in [-0.3, -0.25) is 9.69 Å². The fourth-order valence-corrected chi connectivity index (χ4v) is 4.63. The van der Waals surface area contributed by atoms with Crippen LogP contribution in [0.15, 0.2) is 6.20 Å². The van der Waals surface area contributed by atoms with Gasteiger partial charge in [-0.2, -0.15) is 13.2 Å². The van der Waals surface area contributed by atoms with Crippen LogP contribution in [0.4, 0.5) is 18.3 Å². The van der Waals surface area contributed by atoms with Gasteiger partial charge < -0.3 is 9.80 Å². The molecule has 2 fully saturated rings. The van der Waals surface area contributed by atoms with Gasteiger partial charge >= 0.3 is 6.18 Å². The van der Waals surface area contributed by atoms with E-state index < -0.39 is 11.1 Å². The van der Waals surface area contributed by atoms with Gasteiger partial charge in [0.1, 0.15) is 4.88 Å². The largest absolute Gasteiger partial charge is 0.427 e. The molecule has 146 valence electrons. The van der Waals surface area contributed by atoms with Gasteiger partial charge in [0, 0.05) is 39.3 Å². The molecule has 1 aromatic rings. The fraction of sp³-hybridized carbons (Fsp3) is 0.765. The number of amides is 1. The van der Waals surface area contributed by atoms with Crippen LogP contribution < -0.4 is 4.90 Å². The van der Waals surface area contributed by atoms with Gasteiger partial charge in [0.2, 0.25) is 5.91 Å². The Hall–Kier alpha value is -1.35. The molecule has 2 atom stereocenters. The van der Waals surface area contributed by atoms with Crippen molar-refractivity contribution in [3.8, 4) is 0 Å².